The van der Waals surface area contributed by atoms with Gasteiger partial charge in [-0.1, -0.05) is 18.2 Å². The topological polar surface area (TPSA) is 195 Å². The zero-order chi connectivity index (χ0) is 24.7. The van der Waals surface area contributed by atoms with Gasteiger partial charge in [-0.05, 0) is 25.0 Å². The molecule has 3 atom stereocenters. The Hall–Kier alpha value is -4.19. The van der Waals surface area contributed by atoms with E-state index in [0.29, 0.717) is 5.69 Å². The Bertz CT molecular complexity index is 1160. The molecule has 12 heteroatoms. The van der Waals surface area contributed by atoms with Gasteiger partial charge in [-0.3, -0.25) is 19.2 Å². The quantitative estimate of drug-likeness (QED) is 0.191. The number of carbonyl (C=O) groups is 4. The third-order valence-corrected chi connectivity index (χ3v) is 5.23. The van der Waals surface area contributed by atoms with Crippen LogP contribution in [0, 0.1) is 0 Å². The molecule has 0 aliphatic carbocycles. The number of imidazole rings is 1. The number of hydrogen-bond donors (Lipinski definition) is 7. The van der Waals surface area contributed by atoms with E-state index in [4.69, 9.17) is 10.8 Å². The summed E-state index contributed by atoms with van der Waals surface area (Å²) in [6.45, 7) is 0.836. The standard InChI is InChI=1S/C22H27N7O5/c1-12(20(32)26-10-19(30)31)28-22(34)18(7-14-9-24-11-27-14)29-21(33)16(23)6-13-8-25-17-5-3-2-4-15(13)17/h2-5,8-9,11-12,16,18,25H,6-7,10,23H2,1H3,(H,24,27)(H,26,32)(H,28,34)(H,29,33)(H,30,31). The molecular weight excluding hydrogens is 442 g/mol. The van der Waals surface area contributed by atoms with Crippen molar-refractivity contribution < 1.29 is 24.3 Å². The number of aliphatic carboxylic acids is 1. The lowest BCUT2D eigenvalue weighted by Crippen LogP contribution is -2.56. The number of para-hydroxylation sites is 1. The maximum Gasteiger partial charge on any atom is 0.322 e. The molecule has 0 spiro atoms. The number of H-pyrrole nitrogens is 2. The Kier molecular flexibility index (Phi) is 7.98. The molecule has 12 nitrogen and oxygen atoms in total. The fourth-order valence-corrected chi connectivity index (χ4v) is 3.43. The third kappa shape index (κ3) is 6.42. The number of aromatic nitrogens is 3. The number of carboxylic acid groups (broad SMARTS) is 1. The second-order valence-electron chi connectivity index (χ2n) is 7.85. The summed E-state index contributed by atoms with van der Waals surface area (Å²) in [7, 11) is 0. The van der Waals surface area contributed by atoms with Crippen molar-refractivity contribution in [1.82, 2.24) is 30.9 Å². The molecule has 3 aromatic rings. The zero-order valence-corrected chi connectivity index (χ0v) is 18.5. The molecule has 0 saturated carbocycles. The highest BCUT2D eigenvalue weighted by atomic mass is 16.4. The second-order valence-corrected chi connectivity index (χ2v) is 7.85. The van der Waals surface area contributed by atoms with Gasteiger partial charge in [-0.2, -0.15) is 0 Å². The van der Waals surface area contributed by atoms with Crippen LogP contribution in [0.2, 0.25) is 0 Å². The zero-order valence-electron chi connectivity index (χ0n) is 18.5. The molecule has 0 bridgehead atoms. The van der Waals surface area contributed by atoms with Gasteiger partial charge in [-0.25, -0.2) is 4.98 Å². The summed E-state index contributed by atoms with van der Waals surface area (Å²) in [5.74, 6) is -3.04. The molecule has 34 heavy (non-hydrogen) atoms. The molecule has 2 heterocycles. The van der Waals surface area contributed by atoms with Gasteiger partial charge in [-0.15, -0.1) is 0 Å². The largest absolute Gasteiger partial charge is 0.480 e. The van der Waals surface area contributed by atoms with Gasteiger partial charge in [0.05, 0.1) is 12.4 Å². The molecule has 3 unspecified atom stereocenters. The van der Waals surface area contributed by atoms with E-state index in [2.05, 4.69) is 30.9 Å². The summed E-state index contributed by atoms with van der Waals surface area (Å²) in [6, 6.07) is 4.65. The number of carbonyl (C=O) groups excluding carboxylic acids is 3. The van der Waals surface area contributed by atoms with E-state index < -0.39 is 48.4 Å². The molecule has 3 rings (SSSR count). The predicted molar refractivity (Wildman–Crippen MR) is 122 cm³/mol. The minimum Gasteiger partial charge on any atom is -0.480 e. The lowest BCUT2D eigenvalue weighted by atomic mass is 10.0. The van der Waals surface area contributed by atoms with Crippen LogP contribution in [-0.2, 0) is 32.0 Å². The van der Waals surface area contributed by atoms with Crippen molar-refractivity contribution in [1.29, 1.82) is 0 Å². The minimum atomic E-state index is -1.21. The molecule has 0 radical (unpaired) electrons. The number of benzene rings is 1. The van der Waals surface area contributed by atoms with E-state index in [9.17, 15) is 19.2 Å². The summed E-state index contributed by atoms with van der Waals surface area (Å²) >= 11 is 0. The fraction of sp³-hybridized carbons (Fsp3) is 0.318. The van der Waals surface area contributed by atoms with Crippen molar-refractivity contribution >= 4 is 34.6 Å². The van der Waals surface area contributed by atoms with Crippen LogP contribution in [0.15, 0.2) is 43.0 Å². The lowest BCUT2D eigenvalue weighted by Gasteiger charge is -2.22. The maximum atomic E-state index is 12.9. The van der Waals surface area contributed by atoms with Gasteiger partial charge < -0.3 is 36.8 Å². The maximum absolute atomic E-state index is 12.9. The van der Waals surface area contributed by atoms with Crippen molar-refractivity contribution in [2.75, 3.05) is 6.54 Å². The monoisotopic (exact) mass is 469 g/mol. The highest BCUT2D eigenvalue weighted by molar-refractivity contribution is 5.94. The first-order valence-electron chi connectivity index (χ1n) is 10.6. The van der Waals surface area contributed by atoms with E-state index >= 15 is 0 Å². The molecule has 3 amide bonds. The number of nitrogens with one attached hydrogen (secondary N) is 5. The van der Waals surface area contributed by atoms with Crippen molar-refractivity contribution in [3.63, 3.8) is 0 Å². The lowest BCUT2D eigenvalue weighted by molar-refractivity contribution is -0.138. The van der Waals surface area contributed by atoms with Gasteiger partial charge in [0.15, 0.2) is 0 Å². The van der Waals surface area contributed by atoms with Crippen LogP contribution in [0.1, 0.15) is 18.2 Å². The number of amides is 3. The number of fused-ring (bicyclic) bond motifs is 1. The van der Waals surface area contributed by atoms with E-state index in [1.807, 2.05) is 24.3 Å². The Morgan fingerprint density at radius 3 is 2.53 bits per heavy atom. The van der Waals surface area contributed by atoms with Gasteiger partial charge >= 0.3 is 5.97 Å². The Labute approximate surface area is 194 Å². The van der Waals surface area contributed by atoms with Crippen LogP contribution in [0.4, 0.5) is 0 Å². The van der Waals surface area contributed by atoms with Crippen LogP contribution in [0.25, 0.3) is 10.9 Å². The first-order chi connectivity index (χ1) is 16.2. The normalized spacial score (nSPS) is 13.6. The molecule has 0 aliphatic heterocycles. The molecule has 180 valence electrons. The van der Waals surface area contributed by atoms with Crippen LogP contribution in [0.5, 0.6) is 0 Å². The first kappa shape index (κ1) is 24.5. The summed E-state index contributed by atoms with van der Waals surface area (Å²) in [6.07, 6.45) is 5.09. The third-order valence-electron chi connectivity index (χ3n) is 5.23. The number of hydrogen-bond acceptors (Lipinski definition) is 6. The summed E-state index contributed by atoms with van der Waals surface area (Å²) < 4.78 is 0. The highest BCUT2D eigenvalue weighted by Crippen LogP contribution is 2.18. The fourth-order valence-electron chi connectivity index (χ4n) is 3.43. The number of nitrogens with two attached hydrogens (primary N) is 1. The van der Waals surface area contributed by atoms with Crippen LogP contribution in [-0.4, -0.2) is 68.4 Å². The number of rotatable bonds is 11. The number of carboxylic acids is 1. The average Bonchev–Trinajstić information content (AvgIpc) is 3.47. The van der Waals surface area contributed by atoms with Crippen LogP contribution < -0.4 is 21.7 Å². The van der Waals surface area contributed by atoms with Crippen molar-refractivity contribution in [2.45, 2.75) is 37.9 Å². The molecule has 8 N–H and O–H groups in total. The van der Waals surface area contributed by atoms with E-state index in [0.717, 1.165) is 16.5 Å². The van der Waals surface area contributed by atoms with Crippen LogP contribution in [0.3, 0.4) is 0 Å². The average molecular weight is 470 g/mol. The highest BCUT2D eigenvalue weighted by Gasteiger charge is 2.27. The molecular formula is C22H27N7O5. The first-order valence-corrected chi connectivity index (χ1v) is 10.6. The SMILES string of the molecule is CC(NC(=O)C(Cc1cnc[nH]1)NC(=O)C(N)Cc1c[nH]c2ccccc12)C(=O)NCC(=O)O. The Balaban J connectivity index is 1.66. The Morgan fingerprint density at radius 2 is 1.82 bits per heavy atom. The van der Waals surface area contributed by atoms with Gasteiger partial charge in [0.1, 0.15) is 18.6 Å². The molecule has 2 aromatic heterocycles. The van der Waals surface area contributed by atoms with Crippen molar-refractivity contribution in [2.24, 2.45) is 5.73 Å². The van der Waals surface area contributed by atoms with E-state index in [1.165, 1.54) is 19.4 Å². The summed E-state index contributed by atoms with van der Waals surface area (Å²) in [5.41, 5.74) is 8.53. The van der Waals surface area contributed by atoms with Crippen LogP contribution >= 0.6 is 0 Å². The summed E-state index contributed by atoms with van der Waals surface area (Å²) in [4.78, 5) is 58.3. The van der Waals surface area contributed by atoms with Gasteiger partial charge in [0.25, 0.3) is 0 Å². The second kappa shape index (κ2) is 11.1. The minimum absolute atomic E-state index is 0.0842. The predicted octanol–water partition coefficient (Wildman–Crippen LogP) is -0.806. The number of nitrogens with zero attached hydrogens (tertiary/aromatic N) is 1. The van der Waals surface area contributed by atoms with E-state index in [-0.39, 0.29) is 12.8 Å². The summed E-state index contributed by atoms with van der Waals surface area (Å²) in [5, 5.41) is 17.0. The van der Waals surface area contributed by atoms with E-state index in [1.54, 1.807) is 6.20 Å². The molecule has 0 aliphatic rings. The van der Waals surface area contributed by atoms with Gasteiger partial charge in [0, 0.05) is 35.4 Å². The molecule has 0 saturated heterocycles. The number of aromatic amines is 2. The smallest absolute Gasteiger partial charge is 0.322 e. The molecule has 0 fully saturated rings. The van der Waals surface area contributed by atoms with Crippen molar-refractivity contribution in [3.8, 4) is 0 Å². The molecule has 1 aromatic carbocycles. The Morgan fingerprint density at radius 1 is 1.06 bits per heavy atom. The van der Waals surface area contributed by atoms with Crippen molar-refractivity contribution in [3.05, 3.63) is 54.2 Å². The van der Waals surface area contributed by atoms with Gasteiger partial charge in [0.2, 0.25) is 17.7 Å².